The van der Waals surface area contributed by atoms with Gasteiger partial charge >= 0.3 is 6.01 Å². The third kappa shape index (κ3) is 4.56. The highest BCUT2D eigenvalue weighted by molar-refractivity contribution is 6.36. The summed E-state index contributed by atoms with van der Waals surface area (Å²) in [5.74, 6) is 0.950. The third-order valence-corrected chi connectivity index (χ3v) is 9.38. The molecular weight excluding hydrogens is 545 g/mol. The van der Waals surface area contributed by atoms with Gasteiger partial charge in [0.25, 0.3) is 0 Å². The first-order valence-electron chi connectivity index (χ1n) is 14.1. The molecule has 0 radical (unpaired) electrons. The Morgan fingerprint density at radius 2 is 1.90 bits per heavy atom. The van der Waals surface area contributed by atoms with E-state index in [0.29, 0.717) is 36.9 Å². The summed E-state index contributed by atoms with van der Waals surface area (Å²) in [4.78, 5) is 21.5. The molecule has 2 atom stereocenters. The predicted octanol–water partition coefficient (Wildman–Crippen LogP) is 5.58. The number of hydrogen-bond donors (Lipinski definition) is 0. The molecule has 0 saturated carbocycles. The van der Waals surface area contributed by atoms with Crippen LogP contribution in [0.15, 0.2) is 42.7 Å². The van der Waals surface area contributed by atoms with E-state index >= 15 is 0 Å². The van der Waals surface area contributed by atoms with Gasteiger partial charge < -0.3 is 24.0 Å². The number of halogens is 2. The van der Waals surface area contributed by atoms with Crippen molar-refractivity contribution in [2.75, 3.05) is 36.5 Å². The molecule has 0 bridgehead atoms. The number of anilines is 2. The normalized spacial score (nSPS) is 21.1. The molecule has 1 saturated heterocycles. The van der Waals surface area contributed by atoms with Gasteiger partial charge in [0.2, 0.25) is 0 Å². The van der Waals surface area contributed by atoms with E-state index in [0.717, 1.165) is 71.2 Å². The molecule has 5 heterocycles. The Kier molecular flexibility index (Phi) is 6.72. The Morgan fingerprint density at radius 1 is 1.05 bits per heavy atom. The Labute approximate surface area is 244 Å². The second-order valence-corrected chi connectivity index (χ2v) is 12.0. The Bertz CT molecular complexity index is 1570. The lowest BCUT2D eigenvalue weighted by Gasteiger charge is -2.39. The van der Waals surface area contributed by atoms with E-state index in [1.165, 1.54) is 12.0 Å². The first-order chi connectivity index (χ1) is 19.5. The van der Waals surface area contributed by atoms with Crippen molar-refractivity contribution < 1.29 is 4.74 Å². The topological polar surface area (TPSA) is 62.6 Å². The number of likely N-dealkylation sites (N-methyl/N-ethyl adjacent to an activating group) is 1. The van der Waals surface area contributed by atoms with Crippen molar-refractivity contribution in [2.45, 2.75) is 57.9 Å². The highest BCUT2D eigenvalue weighted by Gasteiger charge is 2.32. The molecule has 0 aliphatic carbocycles. The summed E-state index contributed by atoms with van der Waals surface area (Å²) in [6.07, 6.45) is 4.99. The molecule has 1 fully saturated rings. The number of fused-ring (bicyclic) bond motifs is 3. The van der Waals surface area contributed by atoms with Gasteiger partial charge in [-0.15, -0.1) is 0 Å². The fraction of sp³-hybridized carbons (Fsp3) is 0.433. The number of likely N-dealkylation sites (tertiary alicyclic amines) is 1. The van der Waals surface area contributed by atoms with Crippen LogP contribution in [0.3, 0.4) is 0 Å². The second-order valence-electron chi connectivity index (χ2n) is 11.2. The molecule has 10 heteroatoms. The maximum absolute atomic E-state index is 6.71. The zero-order chi connectivity index (χ0) is 27.4. The number of rotatable bonds is 5. The zero-order valence-corrected chi connectivity index (χ0v) is 24.4. The summed E-state index contributed by atoms with van der Waals surface area (Å²) >= 11 is 13.2. The molecule has 40 heavy (non-hydrogen) atoms. The minimum absolute atomic E-state index is 0.223. The number of ether oxygens (including phenoxy) is 1. The summed E-state index contributed by atoms with van der Waals surface area (Å²) in [6, 6.07) is 13.5. The Balaban J connectivity index is 1.26. The lowest BCUT2D eigenvalue weighted by molar-refractivity contribution is 0.187. The molecular formula is C30H33Cl2N7O. The van der Waals surface area contributed by atoms with Crippen LogP contribution in [0.5, 0.6) is 6.01 Å². The van der Waals surface area contributed by atoms with E-state index in [1.807, 2.05) is 18.5 Å². The maximum Gasteiger partial charge on any atom is 0.318 e. The van der Waals surface area contributed by atoms with Crippen molar-refractivity contribution in [1.29, 1.82) is 0 Å². The SMILES string of the molecule is C[C@@H]1Cn2cnc(Cl)c2CN1c1nc(OC[C@@H]2CCCN2C)nc2c1CCN(c1cccc3cccc(Cl)c13)C2. The zero-order valence-electron chi connectivity index (χ0n) is 22.9. The number of aromatic nitrogens is 4. The molecule has 208 valence electrons. The van der Waals surface area contributed by atoms with E-state index in [9.17, 15) is 0 Å². The van der Waals surface area contributed by atoms with E-state index in [2.05, 4.69) is 62.5 Å². The van der Waals surface area contributed by atoms with Crippen LogP contribution in [0.4, 0.5) is 11.5 Å². The van der Waals surface area contributed by atoms with Gasteiger partial charge in [0, 0.05) is 41.8 Å². The van der Waals surface area contributed by atoms with Crippen LogP contribution >= 0.6 is 23.2 Å². The molecule has 2 aromatic heterocycles. The number of hydrogen-bond acceptors (Lipinski definition) is 7. The molecule has 0 unspecified atom stereocenters. The van der Waals surface area contributed by atoms with Crippen LogP contribution in [0.25, 0.3) is 10.8 Å². The summed E-state index contributed by atoms with van der Waals surface area (Å²) in [5.41, 5.74) is 4.34. The van der Waals surface area contributed by atoms with Crippen molar-refractivity contribution in [3.8, 4) is 6.01 Å². The first kappa shape index (κ1) is 25.9. The summed E-state index contributed by atoms with van der Waals surface area (Å²) < 4.78 is 8.48. The molecule has 0 amide bonds. The van der Waals surface area contributed by atoms with Crippen LogP contribution in [0.1, 0.15) is 36.7 Å². The smallest absolute Gasteiger partial charge is 0.318 e. The number of nitrogens with zero attached hydrogens (tertiary/aromatic N) is 7. The Hall–Kier alpha value is -3.07. The van der Waals surface area contributed by atoms with Gasteiger partial charge in [0.15, 0.2) is 5.15 Å². The number of benzene rings is 2. The minimum atomic E-state index is 0.223. The van der Waals surface area contributed by atoms with Crippen molar-refractivity contribution >= 4 is 45.5 Å². The van der Waals surface area contributed by atoms with Crippen LogP contribution < -0.4 is 14.5 Å². The maximum atomic E-state index is 6.71. The average Bonchev–Trinajstić information content (AvgIpc) is 3.54. The number of imidazole rings is 1. The van der Waals surface area contributed by atoms with Crippen molar-refractivity contribution in [3.63, 3.8) is 0 Å². The monoisotopic (exact) mass is 577 g/mol. The molecule has 3 aliphatic heterocycles. The standard InChI is InChI=1S/C30H33Cl2N7O/c1-19-14-38-18-33-28(32)26(38)16-39(19)29-22-11-13-37(25-10-4-7-20-6-3-9-23(31)27(20)25)15-24(22)34-30(35-29)40-17-21-8-5-12-36(21)2/h3-4,6-7,9-10,18-19,21H,5,8,11-17H2,1-2H3/t19-,21+/m1/s1. The molecule has 2 aromatic carbocycles. The van der Waals surface area contributed by atoms with Crippen LogP contribution in [-0.2, 0) is 26.1 Å². The van der Waals surface area contributed by atoms with Gasteiger partial charge in [-0.1, -0.05) is 47.5 Å². The van der Waals surface area contributed by atoms with Crippen molar-refractivity contribution in [2.24, 2.45) is 0 Å². The summed E-state index contributed by atoms with van der Waals surface area (Å²) in [5, 5.41) is 3.54. The quantitative estimate of drug-likeness (QED) is 0.307. The van der Waals surface area contributed by atoms with Crippen LogP contribution in [0, 0.1) is 0 Å². The predicted molar refractivity (Wildman–Crippen MR) is 160 cm³/mol. The van der Waals surface area contributed by atoms with Gasteiger partial charge in [-0.3, -0.25) is 0 Å². The molecule has 3 aliphatic rings. The van der Waals surface area contributed by atoms with Crippen molar-refractivity contribution in [1.82, 2.24) is 24.4 Å². The van der Waals surface area contributed by atoms with Gasteiger partial charge in [-0.05, 0) is 57.3 Å². The highest BCUT2D eigenvalue weighted by Crippen LogP contribution is 2.38. The molecule has 8 nitrogen and oxygen atoms in total. The van der Waals surface area contributed by atoms with Gasteiger partial charge in [-0.25, -0.2) is 4.98 Å². The van der Waals surface area contributed by atoms with Gasteiger partial charge in [0.05, 0.1) is 35.8 Å². The van der Waals surface area contributed by atoms with Gasteiger partial charge in [-0.2, -0.15) is 9.97 Å². The average molecular weight is 579 g/mol. The molecule has 0 spiro atoms. The largest absolute Gasteiger partial charge is 0.462 e. The van der Waals surface area contributed by atoms with E-state index < -0.39 is 0 Å². The lowest BCUT2D eigenvalue weighted by atomic mass is 10.0. The third-order valence-electron chi connectivity index (χ3n) is 8.75. The van der Waals surface area contributed by atoms with E-state index in [4.69, 9.17) is 37.9 Å². The van der Waals surface area contributed by atoms with Crippen LogP contribution in [-0.4, -0.2) is 63.2 Å². The summed E-state index contributed by atoms with van der Waals surface area (Å²) in [6.45, 7) is 6.89. The fourth-order valence-corrected chi connectivity index (χ4v) is 6.97. The van der Waals surface area contributed by atoms with E-state index in [-0.39, 0.29) is 6.04 Å². The highest BCUT2D eigenvalue weighted by atomic mass is 35.5. The molecule has 4 aromatic rings. The first-order valence-corrected chi connectivity index (χ1v) is 14.8. The van der Waals surface area contributed by atoms with E-state index in [1.54, 1.807) is 0 Å². The second kappa shape index (κ2) is 10.4. The fourth-order valence-electron chi connectivity index (χ4n) is 6.48. The summed E-state index contributed by atoms with van der Waals surface area (Å²) in [7, 11) is 2.16. The molecule has 7 rings (SSSR count). The Morgan fingerprint density at radius 3 is 2.73 bits per heavy atom. The minimum Gasteiger partial charge on any atom is -0.462 e. The lowest BCUT2D eigenvalue weighted by Crippen LogP contribution is -2.43. The van der Waals surface area contributed by atoms with Gasteiger partial charge in [0.1, 0.15) is 12.4 Å². The van der Waals surface area contributed by atoms with Crippen molar-refractivity contribution in [3.05, 3.63) is 69.9 Å². The van der Waals surface area contributed by atoms with Crippen LogP contribution in [0.2, 0.25) is 10.2 Å². The molecule has 0 N–H and O–H groups in total.